The number of hydrogen-bond acceptors (Lipinski definition) is 9. The molecule has 22 heavy (non-hydrogen) atoms. The van der Waals surface area contributed by atoms with Gasteiger partial charge in [-0.15, -0.1) is 0 Å². The number of ether oxygens (including phenoxy) is 1. The third kappa shape index (κ3) is 2.44. The van der Waals surface area contributed by atoms with E-state index in [0.29, 0.717) is 0 Å². The van der Waals surface area contributed by atoms with Gasteiger partial charge in [0.1, 0.15) is 24.4 Å². The minimum Gasteiger partial charge on any atom is -0.394 e. The van der Waals surface area contributed by atoms with Crippen molar-refractivity contribution in [2.75, 3.05) is 11.9 Å². The molecule has 7 N–H and O–H groups in total. The summed E-state index contributed by atoms with van der Waals surface area (Å²) in [5.41, 5.74) is -0.121. The average Bonchev–Trinajstić information content (AvgIpc) is 2.97. The molecule has 0 spiro atoms. The summed E-state index contributed by atoms with van der Waals surface area (Å²) in [7, 11) is 0. The molecule has 0 aromatic carbocycles. The summed E-state index contributed by atoms with van der Waals surface area (Å²) >= 11 is 0. The van der Waals surface area contributed by atoms with Crippen LogP contribution in [0.5, 0.6) is 0 Å². The molecular formula is C11H15N5O6. The first-order valence-corrected chi connectivity index (χ1v) is 6.51. The zero-order valence-electron chi connectivity index (χ0n) is 11.2. The van der Waals surface area contributed by atoms with Gasteiger partial charge in [-0.25, -0.2) is 4.98 Å². The summed E-state index contributed by atoms with van der Waals surface area (Å²) in [5, 5.41) is 41.0. The summed E-state index contributed by atoms with van der Waals surface area (Å²) in [4.78, 5) is 24.7. The number of H-pyrrole nitrogens is 2. The van der Waals surface area contributed by atoms with Crippen molar-refractivity contribution in [2.45, 2.75) is 30.6 Å². The van der Waals surface area contributed by atoms with Crippen LogP contribution in [-0.4, -0.2) is 77.6 Å². The summed E-state index contributed by atoms with van der Waals surface area (Å²) in [6, 6.07) is 0. The predicted octanol–water partition coefficient (Wildman–Crippen LogP) is -3.14. The van der Waals surface area contributed by atoms with Crippen molar-refractivity contribution in [1.29, 1.82) is 0 Å². The van der Waals surface area contributed by atoms with Crippen molar-refractivity contribution < 1.29 is 25.2 Å². The van der Waals surface area contributed by atoms with Crippen LogP contribution in [0.3, 0.4) is 0 Å². The molecule has 0 radical (unpaired) electrons. The fourth-order valence-electron chi connectivity index (χ4n) is 2.27. The van der Waals surface area contributed by atoms with Gasteiger partial charge < -0.3 is 35.5 Å². The van der Waals surface area contributed by atoms with Crippen LogP contribution in [0.25, 0.3) is 11.2 Å². The molecule has 11 heteroatoms. The maximum atomic E-state index is 11.8. The lowest BCUT2D eigenvalue weighted by Gasteiger charge is -2.40. The molecule has 0 saturated carbocycles. The molecule has 2 aromatic heterocycles. The largest absolute Gasteiger partial charge is 0.394 e. The first kappa shape index (κ1) is 14.9. The highest BCUT2D eigenvalue weighted by Gasteiger charge is 2.43. The van der Waals surface area contributed by atoms with E-state index in [2.05, 4.69) is 25.3 Å². The molecule has 0 aliphatic carbocycles. The smallest absolute Gasteiger partial charge is 0.278 e. The highest BCUT2D eigenvalue weighted by atomic mass is 16.6. The number of aromatic amines is 2. The number of imidazole rings is 1. The predicted molar refractivity (Wildman–Crippen MR) is 71.9 cm³/mol. The van der Waals surface area contributed by atoms with Crippen LogP contribution >= 0.6 is 0 Å². The van der Waals surface area contributed by atoms with Gasteiger partial charge in [0.2, 0.25) is 5.95 Å². The molecule has 2 aromatic rings. The van der Waals surface area contributed by atoms with Gasteiger partial charge in [0.05, 0.1) is 12.9 Å². The lowest BCUT2D eigenvalue weighted by Crippen LogP contribution is -2.60. The van der Waals surface area contributed by atoms with E-state index in [-0.39, 0.29) is 17.1 Å². The quantitative estimate of drug-likeness (QED) is 0.308. The Morgan fingerprint density at radius 2 is 2.05 bits per heavy atom. The van der Waals surface area contributed by atoms with Gasteiger partial charge in [-0.2, -0.15) is 4.98 Å². The Labute approximate surface area is 122 Å². The van der Waals surface area contributed by atoms with Crippen LogP contribution < -0.4 is 10.9 Å². The van der Waals surface area contributed by atoms with Crippen LogP contribution in [0.4, 0.5) is 5.95 Å². The second kappa shape index (κ2) is 5.62. The number of aliphatic hydroxyl groups is 4. The number of nitrogens with zero attached hydrogens (tertiary/aromatic N) is 2. The van der Waals surface area contributed by atoms with E-state index in [9.17, 15) is 20.1 Å². The fourth-order valence-corrected chi connectivity index (χ4v) is 2.27. The maximum absolute atomic E-state index is 11.8. The molecule has 1 fully saturated rings. The maximum Gasteiger partial charge on any atom is 0.278 e. The number of aliphatic hydroxyl groups excluding tert-OH is 4. The molecule has 1 saturated heterocycles. The SMILES string of the molecule is O=c1[nH]c(N[C@@H]2O[C@H](CO)[C@@H](O)[C@H](O)[C@H]2O)nc2nc[nH]c12. The third-order valence-corrected chi connectivity index (χ3v) is 3.47. The molecule has 5 atom stereocenters. The Balaban J connectivity index is 1.85. The van der Waals surface area contributed by atoms with Gasteiger partial charge in [-0.1, -0.05) is 0 Å². The van der Waals surface area contributed by atoms with Crippen LogP contribution in [0.15, 0.2) is 11.1 Å². The standard InChI is InChI=1S/C11H15N5O6/c17-1-3-5(18)6(19)7(20)10(22-3)16-11-14-8-4(9(21)15-11)12-2-13-8/h2-3,5-7,10,17-20H,1H2,(H3,12,13,14,15,16,21)/t3-,5-,6+,7-,10-/m1/s1. The molecule has 1 aliphatic rings. The van der Waals surface area contributed by atoms with Crippen LogP contribution in [0, 0.1) is 0 Å². The van der Waals surface area contributed by atoms with Crippen molar-refractivity contribution in [1.82, 2.24) is 19.9 Å². The molecular weight excluding hydrogens is 298 g/mol. The molecule has 3 heterocycles. The Kier molecular flexibility index (Phi) is 3.80. The average molecular weight is 313 g/mol. The van der Waals surface area contributed by atoms with Crippen molar-refractivity contribution >= 4 is 17.1 Å². The molecule has 3 rings (SSSR count). The van der Waals surface area contributed by atoms with Gasteiger partial charge in [0.25, 0.3) is 5.56 Å². The zero-order valence-corrected chi connectivity index (χ0v) is 11.2. The first-order chi connectivity index (χ1) is 10.5. The van der Waals surface area contributed by atoms with Gasteiger partial charge in [0.15, 0.2) is 17.4 Å². The fraction of sp³-hybridized carbons (Fsp3) is 0.545. The lowest BCUT2D eigenvalue weighted by molar-refractivity contribution is -0.221. The number of fused-ring (bicyclic) bond motifs is 1. The first-order valence-electron chi connectivity index (χ1n) is 6.51. The summed E-state index contributed by atoms with van der Waals surface area (Å²) < 4.78 is 5.26. The molecule has 1 aliphatic heterocycles. The van der Waals surface area contributed by atoms with Crippen LogP contribution in [0.2, 0.25) is 0 Å². The summed E-state index contributed by atoms with van der Waals surface area (Å²) in [6.45, 7) is -0.550. The molecule has 11 nitrogen and oxygen atoms in total. The summed E-state index contributed by atoms with van der Waals surface area (Å²) in [5.74, 6) is -0.0334. The molecule has 0 amide bonds. The normalized spacial score (nSPS) is 32.3. The zero-order chi connectivity index (χ0) is 15.9. The second-order valence-electron chi connectivity index (χ2n) is 4.91. The highest BCUT2D eigenvalue weighted by Crippen LogP contribution is 2.21. The van der Waals surface area contributed by atoms with Crippen LogP contribution in [0.1, 0.15) is 0 Å². The van der Waals surface area contributed by atoms with Gasteiger partial charge in [0, 0.05) is 0 Å². The lowest BCUT2D eigenvalue weighted by atomic mass is 9.98. The Bertz CT molecular complexity index is 714. The van der Waals surface area contributed by atoms with Crippen molar-refractivity contribution in [2.24, 2.45) is 0 Å². The van der Waals surface area contributed by atoms with E-state index in [4.69, 9.17) is 9.84 Å². The van der Waals surface area contributed by atoms with E-state index < -0.39 is 42.8 Å². The monoisotopic (exact) mass is 313 g/mol. The van der Waals surface area contributed by atoms with Gasteiger partial charge in [-0.05, 0) is 0 Å². The number of hydrogen-bond donors (Lipinski definition) is 7. The molecule has 120 valence electrons. The van der Waals surface area contributed by atoms with E-state index in [1.165, 1.54) is 6.33 Å². The second-order valence-corrected chi connectivity index (χ2v) is 4.91. The third-order valence-electron chi connectivity index (χ3n) is 3.47. The van der Waals surface area contributed by atoms with E-state index in [1.807, 2.05) is 0 Å². The van der Waals surface area contributed by atoms with Gasteiger partial charge >= 0.3 is 0 Å². The number of rotatable bonds is 3. The Morgan fingerprint density at radius 3 is 2.77 bits per heavy atom. The Morgan fingerprint density at radius 1 is 1.27 bits per heavy atom. The van der Waals surface area contributed by atoms with Crippen LogP contribution in [-0.2, 0) is 4.74 Å². The van der Waals surface area contributed by atoms with Crippen molar-refractivity contribution in [3.05, 3.63) is 16.7 Å². The van der Waals surface area contributed by atoms with E-state index >= 15 is 0 Å². The van der Waals surface area contributed by atoms with Crippen molar-refractivity contribution in [3.63, 3.8) is 0 Å². The number of anilines is 1. The number of nitrogens with one attached hydrogen (secondary N) is 3. The van der Waals surface area contributed by atoms with Gasteiger partial charge in [-0.3, -0.25) is 9.78 Å². The molecule has 0 bridgehead atoms. The van der Waals surface area contributed by atoms with E-state index in [0.717, 1.165) is 0 Å². The minimum absolute atomic E-state index is 0.0334. The highest BCUT2D eigenvalue weighted by molar-refractivity contribution is 5.69. The molecule has 0 unspecified atom stereocenters. The van der Waals surface area contributed by atoms with Crippen molar-refractivity contribution in [3.8, 4) is 0 Å². The van der Waals surface area contributed by atoms with E-state index in [1.54, 1.807) is 0 Å². The number of aromatic nitrogens is 4. The summed E-state index contributed by atoms with van der Waals surface area (Å²) in [6.07, 6.45) is -5.40. The minimum atomic E-state index is -1.52. The topological polar surface area (TPSA) is 177 Å². The Hall–Kier alpha value is -2.05.